The predicted octanol–water partition coefficient (Wildman–Crippen LogP) is 3.49. The Bertz CT molecular complexity index is 671. The average molecular weight is 315 g/mol. The van der Waals surface area contributed by atoms with E-state index in [0.717, 1.165) is 30.7 Å². The molecule has 1 N–H and O–H groups in total. The van der Waals surface area contributed by atoms with Crippen molar-refractivity contribution < 1.29 is 8.78 Å². The van der Waals surface area contributed by atoms with Gasteiger partial charge in [-0.05, 0) is 30.9 Å². The van der Waals surface area contributed by atoms with Gasteiger partial charge in [-0.1, -0.05) is 30.3 Å². The van der Waals surface area contributed by atoms with Gasteiger partial charge in [0.15, 0.2) is 0 Å². The van der Waals surface area contributed by atoms with Crippen molar-refractivity contribution >= 4 is 0 Å². The molecule has 120 valence electrons. The minimum absolute atomic E-state index is 0.296. The third-order valence-corrected chi connectivity index (χ3v) is 5.22. The van der Waals surface area contributed by atoms with Gasteiger partial charge in [0.1, 0.15) is 5.82 Å². The number of hydrogen-bond acceptors (Lipinski definition) is 3. The van der Waals surface area contributed by atoms with Gasteiger partial charge in [-0.2, -0.15) is 0 Å². The number of alkyl halides is 2. The zero-order valence-electron chi connectivity index (χ0n) is 12.8. The highest BCUT2D eigenvalue weighted by molar-refractivity contribution is 5.32. The lowest BCUT2D eigenvalue weighted by atomic mass is 9.76. The lowest BCUT2D eigenvalue weighted by Crippen LogP contribution is -2.50. The Kier molecular flexibility index (Phi) is 3.41. The first-order valence-corrected chi connectivity index (χ1v) is 8.09. The SMILES string of the molecule is FC1(F)[C@@H](CNC2(c3ncccn3)CCC2)[C@@H]1c1ccccc1. The third kappa shape index (κ3) is 2.43. The Morgan fingerprint density at radius 3 is 2.35 bits per heavy atom. The quantitative estimate of drug-likeness (QED) is 0.918. The van der Waals surface area contributed by atoms with Crippen molar-refractivity contribution in [3.63, 3.8) is 0 Å². The van der Waals surface area contributed by atoms with E-state index in [0.29, 0.717) is 6.54 Å². The molecule has 0 amide bonds. The largest absolute Gasteiger partial charge is 0.304 e. The fourth-order valence-corrected chi connectivity index (χ4v) is 3.62. The van der Waals surface area contributed by atoms with E-state index in [1.54, 1.807) is 30.6 Å². The second-order valence-corrected chi connectivity index (χ2v) is 6.56. The number of nitrogens with one attached hydrogen (secondary N) is 1. The van der Waals surface area contributed by atoms with Crippen LogP contribution in [-0.4, -0.2) is 22.4 Å². The van der Waals surface area contributed by atoms with Gasteiger partial charge in [-0.15, -0.1) is 0 Å². The Morgan fingerprint density at radius 1 is 1.04 bits per heavy atom. The first-order chi connectivity index (χ1) is 11.1. The van der Waals surface area contributed by atoms with Gasteiger partial charge in [0, 0.05) is 24.9 Å². The van der Waals surface area contributed by atoms with E-state index in [9.17, 15) is 8.78 Å². The van der Waals surface area contributed by atoms with Crippen molar-refractivity contribution in [3.05, 3.63) is 60.2 Å². The van der Waals surface area contributed by atoms with Gasteiger partial charge in [0.2, 0.25) is 0 Å². The number of benzene rings is 1. The Labute approximate surface area is 134 Å². The highest BCUT2D eigenvalue weighted by Crippen LogP contribution is 2.61. The second-order valence-electron chi connectivity index (χ2n) is 6.56. The molecule has 1 aromatic carbocycles. The van der Waals surface area contributed by atoms with Gasteiger partial charge >= 0.3 is 0 Å². The van der Waals surface area contributed by atoms with Crippen LogP contribution >= 0.6 is 0 Å². The number of aromatic nitrogens is 2. The van der Waals surface area contributed by atoms with Crippen LogP contribution < -0.4 is 5.32 Å². The smallest absolute Gasteiger partial charge is 0.260 e. The van der Waals surface area contributed by atoms with Crippen LogP contribution in [-0.2, 0) is 5.54 Å². The highest BCUT2D eigenvalue weighted by Gasteiger charge is 2.68. The lowest BCUT2D eigenvalue weighted by molar-refractivity contribution is 0.0861. The van der Waals surface area contributed by atoms with Crippen LogP contribution in [0.15, 0.2) is 48.8 Å². The summed E-state index contributed by atoms with van der Waals surface area (Å²) in [5.74, 6) is -3.22. The number of halogens is 2. The molecular formula is C18H19F2N3. The first-order valence-electron chi connectivity index (χ1n) is 8.09. The highest BCUT2D eigenvalue weighted by atomic mass is 19.3. The topological polar surface area (TPSA) is 37.8 Å². The summed E-state index contributed by atoms with van der Waals surface area (Å²) in [5.41, 5.74) is 0.407. The fourth-order valence-electron chi connectivity index (χ4n) is 3.62. The molecule has 4 rings (SSSR count). The van der Waals surface area contributed by atoms with Gasteiger partial charge in [-0.25, -0.2) is 18.7 Å². The molecule has 2 saturated carbocycles. The molecule has 1 heterocycles. The molecule has 0 aliphatic heterocycles. The van der Waals surface area contributed by atoms with Gasteiger partial charge in [0.25, 0.3) is 5.92 Å². The van der Waals surface area contributed by atoms with Crippen molar-refractivity contribution in [2.75, 3.05) is 6.54 Å². The maximum atomic E-state index is 14.2. The molecule has 0 unspecified atom stereocenters. The van der Waals surface area contributed by atoms with Crippen LogP contribution in [0, 0.1) is 5.92 Å². The predicted molar refractivity (Wildman–Crippen MR) is 83.2 cm³/mol. The summed E-state index contributed by atoms with van der Waals surface area (Å²) in [6.45, 7) is 0.296. The van der Waals surface area contributed by atoms with Crippen molar-refractivity contribution in [2.45, 2.75) is 36.6 Å². The van der Waals surface area contributed by atoms with E-state index in [1.165, 1.54) is 0 Å². The summed E-state index contributed by atoms with van der Waals surface area (Å²) in [6, 6.07) is 10.8. The molecule has 1 aromatic heterocycles. The summed E-state index contributed by atoms with van der Waals surface area (Å²) in [4.78, 5) is 8.65. The monoisotopic (exact) mass is 315 g/mol. The van der Waals surface area contributed by atoms with Crippen molar-refractivity contribution in [2.24, 2.45) is 5.92 Å². The molecule has 5 heteroatoms. The summed E-state index contributed by atoms with van der Waals surface area (Å²) >= 11 is 0. The number of nitrogens with zero attached hydrogens (tertiary/aromatic N) is 2. The summed E-state index contributed by atoms with van der Waals surface area (Å²) in [7, 11) is 0. The molecule has 23 heavy (non-hydrogen) atoms. The zero-order chi connectivity index (χ0) is 15.9. The molecule has 0 bridgehead atoms. The molecule has 2 fully saturated rings. The fraction of sp³-hybridized carbons (Fsp3) is 0.444. The molecule has 2 atom stereocenters. The second kappa shape index (κ2) is 5.34. The summed E-state index contributed by atoms with van der Waals surface area (Å²) in [5, 5.41) is 3.36. The van der Waals surface area contributed by atoms with Crippen LogP contribution in [0.3, 0.4) is 0 Å². The molecule has 0 saturated heterocycles. The van der Waals surface area contributed by atoms with Crippen LogP contribution in [0.1, 0.15) is 36.6 Å². The Balaban J connectivity index is 1.47. The van der Waals surface area contributed by atoms with E-state index in [1.807, 2.05) is 18.2 Å². The minimum Gasteiger partial charge on any atom is -0.304 e. The molecule has 3 nitrogen and oxygen atoms in total. The number of hydrogen-bond donors (Lipinski definition) is 1. The van der Waals surface area contributed by atoms with Crippen LogP contribution in [0.5, 0.6) is 0 Å². The minimum atomic E-state index is -2.63. The molecule has 0 spiro atoms. The maximum absolute atomic E-state index is 14.2. The standard InChI is InChI=1S/C18H19F2N3/c19-18(20)14(15(18)13-6-2-1-3-7-13)12-23-17(8-4-9-17)16-21-10-5-11-22-16/h1-3,5-7,10-11,14-15,23H,4,8-9,12H2/t14-,15-/m0/s1. The first kappa shape index (κ1) is 14.7. The van der Waals surface area contributed by atoms with Crippen LogP contribution in [0.4, 0.5) is 8.78 Å². The molecule has 2 aliphatic rings. The van der Waals surface area contributed by atoms with E-state index >= 15 is 0 Å². The van der Waals surface area contributed by atoms with Crippen LogP contribution in [0.25, 0.3) is 0 Å². The molecule has 0 radical (unpaired) electrons. The van der Waals surface area contributed by atoms with E-state index in [2.05, 4.69) is 15.3 Å². The summed E-state index contributed by atoms with van der Waals surface area (Å²) in [6.07, 6.45) is 6.32. The molecule has 2 aliphatic carbocycles. The van der Waals surface area contributed by atoms with Gasteiger partial charge in [0.05, 0.1) is 11.5 Å². The van der Waals surface area contributed by atoms with Gasteiger partial charge < -0.3 is 5.32 Å². The number of rotatable bonds is 5. The van der Waals surface area contributed by atoms with E-state index in [-0.39, 0.29) is 5.54 Å². The lowest BCUT2D eigenvalue weighted by Gasteiger charge is -2.41. The average Bonchev–Trinajstić information content (AvgIpc) is 3.09. The maximum Gasteiger partial charge on any atom is 0.260 e. The Hall–Kier alpha value is -1.88. The molecule has 2 aromatic rings. The Morgan fingerprint density at radius 2 is 1.74 bits per heavy atom. The van der Waals surface area contributed by atoms with Crippen molar-refractivity contribution in [1.82, 2.24) is 15.3 Å². The van der Waals surface area contributed by atoms with E-state index in [4.69, 9.17) is 0 Å². The van der Waals surface area contributed by atoms with Crippen LogP contribution in [0.2, 0.25) is 0 Å². The third-order valence-electron chi connectivity index (χ3n) is 5.22. The van der Waals surface area contributed by atoms with Gasteiger partial charge in [-0.3, -0.25) is 0 Å². The zero-order valence-corrected chi connectivity index (χ0v) is 12.8. The summed E-state index contributed by atoms with van der Waals surface area (Å²) < 4.78 is 28.3. The molecular weight excluding hydrogens is 296 g/mol. The van der Waals surface area contributed by atoms with Crippen molar-refractivity contribution in [3.8, 4) is 0 Å². The normalized spacial score (nSPS) is 27.2. The van der Waals surface area contributed by atoms with Crippen molar-refractivity contribution in [1.29, 1.82) is 0 Å². The van der Waals surface area contributed by atoms with E-state index < -0.39 is 17.8 Å².